The number of carbonyl (C=O) groups is 4. The molecule has 2 aliphatic heterocycles. The maximum atomic E-state index is 12.8. The van der Waals surface area contributed by atoms with Gasteiger partial charge in [-0.2, -0.15) is 0 Å². The van der Waals surface area contributed by atoms with Gasteiger partial charge in [-0.15, -0.1) is 23.1 Å². The molecule has 14 heteroatoms. The summed E-state index contributed by atoms with van der Waals surface area (Å²) in [7, 11) is 1.28. The van der Waals surface area contributed by atoms with Crippen LogP contribution in [0.2, 0.25) is 0 Å². The second kappa shape index (κ2) is 10.4. The third kappa shape index (κ3) is 5.86. The minimum atomic E-state index is -0.892. The Morgan fingerprint density at radius 3 is 2.68 bits per heavy atom. The number of carbonyl (C=O) groups excluding carboxylic acids is 4. The summed E-state index contributed by atoms with van der Waals surface area (Å²) in [4.78, 5) is 59.8. The van der Waals surface area contributed by atoms with Crippen molar-refractivity contribution in [3.05, 3.63) is 22.8 Å². The SMILES string of the molecule is CO/N=C(\C(=O)NC1C(=O)N2C(C(=O)OCOC(=O)CC(C)(C)C)=CCS[C@H]12)c1csc(N)n1. The van der Waals surface area contributed by atoms with Crippen LogP contribution < -0.4 is 11.1 Å². The number of thiazole rings is 1. The number of hydrogen-bond donors (Lipinski definition) is 2. The van der Waals surface area contributed by atoms with E-state index in [0.717, 1.165) is 11.3 Å². The molecule has 3 heterocycles. The molecule has 0 spiro atoms. The van der Waals surface area contributed by atoms with E-state index in [9.17, 15) is 19.2 Å². The number of β-lactam (4-membered cyclic amide) rings is 1. The molecule has 2 atom stereocenters. The number of thioether (sulfide) groups is 1. The predicted octanol–water partition coefficient (Wildman–Crippen LogP) is 0.840. The van der Waals surface area contributed by atoms with Crippen LogP contribution in [0.1, 0.15) is 32.9 Å². The number of fused-ring (bicyclic) bond motifs is 1. The first-order chi connectivity index (χ1) is 16.0. The van der Waals surface area contributed by atoms with E-state index in [1.165, 1.54) is 23.8 Å². The lowest BCUT2D eigenvalue weighted by Gasteiger charge is -2.48. The lowest BCUT2D eigenvalue weighted by Crippen LogP contribution is -2.70. The second-order valence-electron chi connectivity index (χ2n) is 8.47. The highest BCUT2D eigenvalue weighted by atomic mass is 32.2. The fraction of sp³-hybridized carbons (Fsp3) is 0.500. The van der Waals surface area contributed by atoms with Crippen LogP contribution in [0.25, 0.3) is 0 Å². The first kappa shape index (κ1) is 25.5. The number of nitrogen functional groups attached to an aromatic ring is 1. The van der Waals surface area contributed by atoms with Crippen LogP contribution in [0.3, 0.4) is 0 Å². The molecular weight excluding hydrogens is 486 g/mol. The van der Waals surface area contributed by atoms with Crippen molar-refractivity contribution in [2.45, 2.75) is 38.6 Å². The van der Waals surface area contributed by atoms with Gasteiger partial charge in [0.15, 0.2) is 10.8 Å². The van der Waals surface area contributed by atoms with Crippen molar-refractivity contribution >= 4 is 57.7 Å². The highest BCUT2D eigenvalue weighted by Gasteiger charge is 2.53. The fourth-order valence-corrected chi connectivity index (χ4v) is 4.88. The van der Waals surface area contributed by atoms with Crippen molar-refractivity contribution in [2.24, 2.45) is 10.6 Å². The van der Waals surface area contributed by atoms with Crippen molar-refractivity contribution in [1.82, 2.24) is 15.2 Å². The number of nitrogens with one attached hydrogen (secondary N) is 1. The van der Waals surface area contributed by atoms with E-state index in [1.807, 2.05) is 20.8 Å². The quantitative estimate of drug-likeness (QED) is 0.168. The van der Waals surface area contributed by atoms with Crippen LogP contribution in [0.5, 0.6) is 0 Å². The Bertz CT molecular complexity index is 1050. The molecule has 1 fully saturated rings. The van der Waals surface area contributed by atoms with Gasteiger partial charge in [-0.3, -0.25) is 19.3 Å². The molecule has 2 amide bonds. The molecule has 3 N–H and O–H groups in total. The van der Waals surface area contributed by atoms with Gasteiger partial charge >= 0.3 is 11.9 Å². The van der Waals surface area contributed by atoms with Crippen molar-refractivity contribution in [3.63, 3.8) is 0 Å². The van der Waals surface area contributed by atoms with Gasteiger partial charge in [-0.05, 0) is 11.5 Å². The normalized spacial score (nSPS) is 20.0. The zero-order chi connectivity index (χ0) is 25.0. The lowest BCUT2D eigenvalue weighted by molar-refractivity contribution is -0.169. The number of esters is 2. The van der Waals surface area contributed by atoms with E-state index >= 15 is 0 Å². The summed E-state index contributed by atoms with van der Waals surface area (Å²) in [5.41, 5.74) is 5.47. The number of hydrogen-bond acceptors (Lipinski definition) is 12. The molecule has 34 heavy (non-hydrogen) atoms. The number of anilines is 1. The van der Waals surface area contributed by atoms with Gasteiger partial charge in [0.25, 0.3) is 11.8 Å². The number of ether oxygens (including phenoxy) is 2. The van der Waals surface area contributed by atoms with Gasteiger partial charge in [0.2, 0.25) is 6.79 Å². The van der Waals surface area contributed by atoms with Crippen LogP contribution in [-0.2, 0) is 33.5 Å². The van der Waals surface area contributed by atoms with E-state index in [-0.39, 0.29) is 34.1 Å². The average molecular weight is 512 g/mol. The first-order valence-electron chi connectivity index (χ1n) is 10.1. The maximum Gasteiger partial charge on any atom is 0.357 e. The molecule has 0 saturated carbocycles. The number of nitrogens with zero attached hydrogens (tertiary/aromatic N) is 3. The third-order valence-electron chi connectivity index (χ3n) is 4.59. The van der Waals surface area contributed by atoms with Crippen LogP contribution in [-0.4, -0.2) is 70.4 Å². The predicted molar refractivity (Wildman–Crippen MR) is 124 cm³/mol. The molecule has 1 saturated heterocycles. The maximum absolute atomic E-state index is 12.8. The number of aromatic nitrogens is 1. The number of nitrogens with two attached hydrogens (primary N) is 1. The highest BCUT2D eigenvalue weighted by molar-refractivity contribution is 8.00. The Balaban J connectivity index is 1.58. The van der Waals surface area contributed by atoms with Crippen LogP contribution in [0.15, 0.2) is 22.3 Å². The summed E-state index contributed by atoms with van der Waals surface area (Å²) in [6, 6.07) is -0.892. The fourth-order valence-electron chi connectivity index (χ4n) is 3.14. The molecule has 2 aliphatic rings. The monoisotopic (exact) mass is 511 g/mol. The van der Waals surface area contributed by atoms with Gasteiger partial charge in [0.1, 0.15) is 29.9 Å². The molecule has 0 aromatic carbocycles. The Morgan fingerprint density at radius 2 is 2.06 bits per heavy atom. The van der Waals surface area contributed by atoms with E-state index in [1.54, 1.807) is 11.5 Å². The van der Waals surface area contributed by atoms with E-state index in [4.69, 9.17) is 20.0 Å². The summed E-state index contributed by atoms with van der Waals surface area (Å²) >= 11 is 2.49. The van der Waals surface area contributed by atoms with Crippen molar-refractivity contribution in [2.75, 3.05) is 25.4 Å². The van der Waals surface area contributed by atoms with Gasteiger partial charge in [0.05, 0.1) is 6.42 Å². The molecule has 1 unspecified atom stereocenters. The first-order valence-corrected chi connectivity index (χ1v) is 12.1. The number of oxime groups is 1. The standard InChI is InChI=1S/C20H25N5O7S2/c1-20(2,3)7-12(26)31-9-32-18(29)11-5-6-33-17-14(16(28)25(11)17)23-15(27)13(24-30-4)10-8-34-19(21)22-10/h5,8,14,17H,6-7,9H2,1-4H3,(H2,21,22)(H,23,27)/b24-13-/t14?,17-/m1/s1. The molecule has 1 aromatic heterocycles. The average Bonchev–Trinajstić information content (AvgIpc) is 3.19. The Kier molecular flexibility index (Phi) is 7.82. The van der Waals surface area contributed by atoms with Gasteiger partial charge < -0.3 is 25.4 Å². The van der Waals surface area contributed by atoms with Crippen LogP contribution in [0.4, 0.5) is 5.13 Å². The molecule has 1 aromatic rings. The van der Waals surface area contributed by atoms with Gasteiger partial charge in [-0.25, -0.2) is 9.78 Å². The van der Waals surface area contributed by atoms with Crippen LogP contribution in [0, 0.1) is 5.41 Å². The summed E-state index contributed by atoms with van der Waals surface area (Å²) in [6.07, 6.45) is 1.71. The number of rotatable bonds is 8. The molecule has 184 valence electrons. The lowest BCUT2D eigenvalue weighted by atomic mass is 9.93. The van der Waals surface area contributed by atoms with Crippen molar-refractivity contribution < 1.29 is 33.5 Å². The zero-order valence-corrected chi connectivity index (χ0v) is 20.7. The molecule has 0 aliphatic carbocycles. The summed E-state index contributed by atoms with van der Waals surface area (Å²) in [5, 5.41) is 7.58. The topological polar surface area (TPSA) is 163 Å². The molecule has 12 nitrogen and oxygen atoms in total. The Morgan fingerprint density at radius 1 is 1.32 bits per heavy atom. The minimum absolute atomic E-state index is 0.0316. The molecule has 0 radical (unpaired) electrons. The van der Waals surface area contributed by atoms with E-state index < -0.39 is 42.0 Å². The van der Waals surface area contributed by atoms with Gasteiger partial charge in [-0.1, -0.05) is 25.9 Å². The number of amides is 2. The second-order valence-corrected chi connectivity index (χ2v) is 10.5. The van der Waals surface area contributed by atoms with Crippen molar-refractivity contribution in [3.8, 4) is 0 Å². The smallest absolute Gasteiger partial charge is 0.357 e. The molecular formula is C20H25N5O7S2. The Hall–Kier alpha value is -3.13. The highest BCUT2D eigenvalue weighted by Crippen LogP contribution is 2.37. The molecule has 0 bridgehead atoms. The van der Waals surface area contributed by atoms with Crippen LogP contribution >= 0.6 is 23.1 Å². The Labute approximate surface area is 203 Å². The van der Waals surface area contributed by atoms with E-state index in [2.05, 4.69) is 15.5 Å². The third-order valence-corrected chi connectivity index (χ3v) is 6.45. The molecule has 3 rings (SSSR count). The van der Waals surface area contributed by atoms with Gasteiger partial charge in [0, 0.05) is 11.1 Å². The largest absolute Gasteiger partial charge is 0.428 e. The van der Waals surface area contributed by atoms with Crippen molar-refractivity contribution in [1.29, 1.82) is 0 Å². The minimum Gasteiger partial charge on any atom is -0.428 e. The summed E-state index contributed by atoms with van der Waals surface area (Å²) in [6.45, 7) is 5.09. The summed E-state index contributed by atoms with van der Waals surface area (Å²) in [5.74, 6) is -2.05. The summed E-state index contributed by atoms with van der Waals surface area (Å²) < 4.78 is 9.96. The van der Waals surface area contributed by atoms with E-state index in [0.29, 0.717) is 5.75 Å². The zero-order valence-electron chi connectivity index (χ0n) is 19.0.